The summed E-state index contributed by atoms with van der Waals surface area (Å²) in [5.41, 5.74) is 15.4. The standard InChI is InChI=1S/C71H53F6N3/c1-39-19-40(2)24-51(23-39)47-9-14-58-59-15-10-48(52-25-41(3)20-42(4)26-52)32-66(59)79(65(58)31-47)64-37-62(57-18-13-56(70(72,73)74)36-63(57)71(75,76)77)69(35-55(64)38-78)80-67-33-49(53-27-43(5)21-44(6)28-53)11-16-60(67)61-17-12-50(34-68(61)80)54-29-45(7)22-46(8)30-54/h9-37H,1-8H3. The molecule has 0 aliphatic carbocycles. The molecule has 0 N–H and O–H groups in total. The third-order valence-corrected chi connectivity index (χ3v) is 15.4. The van der Waals surface area contributed by atoms with E-state index in [1.54, 1.807) is 12.1 Å². The third-order valence-electron chi connectivity index (χ3n) is 15.4. The predicted octanol–water partition coefficient (Wildman–Crippen LogP) is 20.6. The fourth-order valence-electron chi connectivity index (χ4n) is 12.3. The average molecular weight is 1060 g/mol. The maximum Gasteiger partial charge on any atom is 0.417 e. The first-order valence-electron chi connectivity index (χ1n) is 26.5. The van der Waals surface area contributed by atoms with Gasteiger partial charge >= 0.3 is 12.4 Å². The van der Waals surface area contributed by atoms with Gasteiger partial charge in [-0.3, -0.25) is 0 Å². The van der Waals surface area contributed by atoms with Crippen molar-refractivity contribution >= 4 is 43.6 Å². The van der Waals surface area contributed by atoms with Crippen LogP contribution in [-0.2, 0) is 12.4 Å². The number of fused-ring (bicyclic) bond motifs is 6. The van der Waals surface area contributed by atoms with E-state index in [1.165, 1.54) is 0 Å². The number of benzene rings is 10. The molecule has 0 fully saturated rings. The van der Waals surface area contributed by atoms with Crippen molar-refractivity contribution in [2.45, 2.75) is 67.7 Å². The number of alkyl halides is 6. The Balaban J connectivity index is 1.25. The molecule has 12 rings (SSSR count). The lowest BCUT2D eigenvalue weighted by molar-refractivity contribution is -0.142. The molecule has 9 heteroatoms. The molecule has 0 saturated carbocycles. The van der Waals surface area contributed by atoms with E-state index in [-0.39, 0.29) is 28.6 Å². The van der Waals surface area contributed by atoms with Crippen LogP contribution >= 0.6 is 0 Å². The number of hydrogen-bond acceptors (Lipinski definition) is 1. The summed E-state index contributed by atoms with van der Waals surface area (Å²) in [5, 5.41) is 14.9. The van der Waals surface area contributed by atoms with Crippen molar-refractivity contribution in [3.05, 3.63) is 237 Å². The van der Waals surface area contributed by atoms with Gasteiger partial charge in [0.2, 0.25) is 0 Å². The Hall–Kier alpha value is -9.13. The minimum absolute atomic E-state index is 0.0293. The van der Waals surface area contributed by atoms with Crippen molar-refractivity contribution in [1.82, 2.24) is 9.13 Å². The van der Waals surface area contributed by atoms with Crippen LogP contribution in [0.5, 0.6) is 0 Å². The number of rotatable bonds is 7. The molecule has 0 unspecified atom stereocenters. The minimum atomic E-state index is -5.25. The number of hydrogen-bond donors (Lipinski definition) is 0. The molecular formula is C71H53F6N3. The molecule has 0 saturated heterocycles. The molecule has 2 heterocycles. The fourth-order valence-corrected chi connectivity index (χ4v) is 12.3. The molecule has 0 radical (unpaired) electrons. The largest absolute Gasteiger partial charge is 0.417 e. The second kappa shape index (κ2) is 19.1. The highest BCUT2D eigenvalue weighted by atomic mass is 19.4. The van der Waals surface area contributed by atoms with E-state index >= 15 is 13.2 Å². The molecule has 0 atom stereocenters. The molecule has 10 aromatic carbocycles. The van der Waals surface area contributed by atoms with Crippen LogP contribution in [0, 0.1) is 66.7 Å². The maximum atomic E-state index is 15.9. The third kappa shape index (κ3) is 9.18. The van der Waals surface area contributed by atoms with Crippen LogP contribution in [0.4, 0.5) is 26.3 Å². The first kappa shape index (κ1) is 51.6. The van der Waals surface area contributed by atoms with Gasteiger partial charge in [-0.2, -0.15) is 31.6 Å². The smallest absolute Gasteiger partial charge is 0.309 e. The van der Waals surface area contributed by atoms with Crippen LogP contribution in [0.1, 0.15) is 61.2 Å². The highest BCUT2D eigenvalue weighted by Crippen LogP contribution is 2.48. The zero-order valence-corrected chi connectivity index (χ0v) is 45.4. The SMILES string of the molecule is Cc1cc(C)cc(-c2ccc3c4ccc(-c5cc(C)cc(C)c5)cc4n(-c4cc(-c5ccc(C(F)(F)F)cc5C(F)(F)F)c(-n5c6cc(-c7cc(C)cc(C)c7)ccc6c6ccc(-c7cc(C)cc(C)c7)cc65)cc4C#N)c3c2)c1. The van der Waals surface area contributed by atoms with Gasteiger partial charge in [-0.25, -0.2) is 0 Å². The highest BCUT2D eigenvalue weighted by molar-refractivity contribution is 6.13. The summed E-state index contributed by atoms with van der Waals surface area (Å²) >= 11 is 0. The lowest BCUT2D eigenvalue weighted by Gasteiger charge is -2.22. The van der Waals surface area contributed by atoms with Gasteiger partial charge in [-0.15, -0.1) is 0 Å². The second-order valence-corrected chi connectivity index (χ2v) is 21.9. The Morgan fingerprint density at radius 2 is 0.637 bits per heavy atom. The summed E-state index contributed by atoms with van der Waals surface area (Å²) in [4.78, 5) is 0. The number of halogens is 6. The number of nitriles is 1. The van der Waals surface area contributed by atoms with Crippen LogP contribution in [0.25, 0.3) is 111 Å². The molecule has 80 heavy (non-hydrogen) atoms. The lowest BCUT2D eigenvalue weighted by atomic mass is 9.93. The maximum absolute atomic E-state index is 15.9. The Bertz CT molecular complexity index is 4310. The van der Waals surface area contributed by atoms with Gasteiger partial charge in [0.15, 0.2) is 0 Å². The van der Waals surface area contributed by atoms with Gasteiger partial charge in [-0.1, -0.05) is 172 Å². The van der Waals surface area contributed by atoms with Gasteiger partial charge < -0.3 is 9.13 Å². The second-order valence-electron chi connectivity index (χ2n) is 21.9. The van der Waals surface area contributed by atoms with Crippen molar-refractivity contribution < 1.29 is 26.3 Å². The van der Waals surface area contributed by atoms with Gasteiger partial charge in [0.25, 0.3) is 0 Å². The quantitative estimate of drug-likeness (QED) is 0.146. The van der Waals surface area contributed by atoms with Crippen molar-refractivity contribution in [2.75, 3.05) is 0 Å². The van der Waals surface area contributed by atoms with Crippen molar-refractivity contribution in [3.8, 4) is 73.1 Å². The van der Waals surface area contributed by atoms with Crippen LogP contribution in [0.3, 0.4) is 0 Å². The van der Waals surface area contributed by atoms with Gasteiger partial charge in [0.05, 0.1) is 50.1 Å². The van der Waals surface area contributed by atoms with Crippen LogP contribution in [-0.4, -0.2) is 9.13 Å². The molecule has 3 nitrogen and oxygen atoms in total. The number of aromatic nitrogens is 2. The first-order valence-corrected chi connectivity index (χ1v) is 26.5. The minimum Gasteiger partial charge on any atom is -0.309 e. The van der Waals surface area contributed by atoms with E-state index in [4.69, 9.17) is 0 Å². The van der Waals surface area contributed by atoms with Crippen LogP contribution < -0.4 is 0 Å². The molecule has 0 bridgehead atoms. The summed E-state index contributed by atoms with van der Waals surface area (Å²) in [6.45, 7) is 16.2. The first-order chi connectivity index (χ1) is 38.1. The summed E-state index contributed by atoms with van der Waals surface area (Å²) in [6.07, 6.45) is -10.3. The summed E-state index contributed by atoms with van der Waals surface area (Å²) in [6, 6.07) is 56.9. The van der Waals surface area contributed by atoms with Gasteiger partial charge in [0, 0.05) is 27.1 Å². The van der Waals surface area contributed by atoms with E-state index in [1.807, 2.05) is 125 Å². The van der Waals surface area contributed by atoms with Gasteiger partial charge in [-0.05, 0) is 154 Å². The van der Waals surface area contributed by atoms with E-state index < -0.39 is 29.0 Å². The molecule has 0 spiro atoms. The normalized spacial score (nSPS) is 12.1. The van der Waals surface area contributed by atoms with Crippen molar-refractivity contribution in [1.29, 1.82) is 5.26 Å². The average Bonchev–Trinajstić information content (AvgIpc) is 4.12. The van der Waals surface area contributed by atoms with E-state index in [2.05, 4.69) is 91.0 Å². The monoisotopic (exact) mass is 1060 g/mol. The number of nitrogens with zero attached hydrogens (tertiary/aromatic N) is 3. The van der Waals surface area contributed by atoms with Gasteiger partial charge in [0.1, 0.15) is 6.07 Å². The lowest BCUT2D eigenvalue weighted by Crippen LogP contribution is -2.13. The Morgan fingerprint density at radius 3 is 0.938 bits per heavy atom. The Morgan fingerprint density at radius 1 is 0.312 bits per heavy atom. The highest BCUT2D eigenvalue weighted by Gasteiger charge is 2.39. The van der Waals surface area contributed by atoms with E-state index in [0.717, 1.165) is 117 Å². The number of aryl methyl sites for hydroxylation is 8. The topological polar surface area (TPSA) is 33.6 Å². The van der Waals surface area contributed by atoms with Crippen LogP contribution in [0.15, 0.2) is 176 Å². The molecule has 0 amide bonds. The summed E-state index contributed by atoms with van der Waals surface area (Å²) in [5.74, 6) is 0. The molecule has 12 aromatic rings. The zero-order valence-electron chi connectivity index (χ0n) is 45.4. The van der Waals surface area contributed by atoms with Crippen molar-refractivity contribution in [3.63, 3.8) is 0 Å². The molecular weight excluding hydrogens is 1010 g/mol. The summed E-state index contributed by atoms with van der Waals surface area (Å²) < 4.78 is 95.5. The van der Waals surface area contributed by atoms with E-state index in [9.17, 15) is 18.4 Å². The van der Waals surface area contributed by atoms with Crippen molar-refractivity contribution in [2.24, 2.45) is 0 Å². The summed E-state index contributed by atoms with van der Waals surface area (Å²) in [7, 11) is 0. The molecule has 0 aliphatic rings. The molecule has 2 aromatic heterocycles. The Kier molecular flexibility index (Phi) is 12.3. The fraction of sp³-hybridized carbons (Fsp3) is 0.141. The zero-order chi connectivity index (χ0) is 56.3. The predicted molar refractivity (Wildman–Crippen MR) is 315 cm³/mol. The molecule has 0 aliphatic heterocycles. The van der Waals surface area contributed by atoms with E-state index in [0.29, 0.717) is 28.1 Å². The Labute approximate surface area is 460 Å². The molecule has 394 valence electrons. The van der Waals surface area contributed by atoms with Crippen LogP contribution in [0.2, 0.25) is 0 Å².